The molecule has 7 heteroatoms. The van der Waals surface area contributed by atoms with Crippen molar-refractivity contribution in [3.8, 4) is 5.75 Å². The average molecular weight is 351 g/mol. The first-order valence-corrected chi connectivity index (χ1v) is 8.75. The molecule has 0 aliphatic carbocycles. The fourth-order valence-corrected chi connectivity index (χ4v) is 3.43. The maximum atomic E-state index is 12.3. The van der Waals surface area contributed by atoms with Gasteiger partial charge in [-0.1, -0.05) is 11.6 Å². The molecule has 2 N–H and O–H groups in total. The van der Waals surface area contributed by atoms with Crippen molar-refractivity contribution in [1.29, 1.82) is 0 Å². The number of aromatic amines is 1. The van der Waals surface area contributed by atoms with Crippen LogP contribution in [0.3, 0.4) is 0 Å². The summed E-state index contributed by atoms with van der Waals surface area (Å²) in [4.78, 5) is 3.30. The van der Waals surface area contributed by atoms with E-state index in [1.807, 2.05) is 18.2 Å². The van der Waals surface area contributed by atoms with Crippen LogP contribution in [0.25, 0.3) is 10.9 Å². The van der Waals surface area contributed by atoms with Crippen molar-refractivity contribution in [3.63, 3.8) is 0 Å². The molecule has 1 aromatic heterocycles. The molecule has 0 spiro atoms. The molecule has 5 nitrogen and oxygen atoms in total. The number of nitrogens with one attached hydrogen (secondary N) is 2. The predicted octanol–water partition coefficient (Wildman–Crippen LogP) is 3.31. The summed E-state index contributed by atoms with van der Waals surface area (Å²) >= 11 is 5.78. The summed E-state index contributed by atoms with van der Waals surface area (Å²) in [5.41, 5.74) is 1.77. The van der Waals surface area contributed by atoms with E-state index in [0.29, 0.717) is 5.02 Å². The maximum absolute atomic E-state index is 12.3. The van der Waals surface area contributed by atoms with Crippen molar-refractivity contribution in [1.82, 2.24) is 9.71 Å². The molecule has 0 saturated heterocycles. The lowest BCUT2D eigenvalue weighted by Gasteiger charge is -2.07. The highest BCUT2D eigenvalue weighted by Crippen LogP contribution is 2.24. The number of methoxy groups -OCH3 is 1. The SMILES string of the molecule is COc1ccc2[nH]cc(CNS(=O)(=O)c3ccc(Cl)cc3)c2c1. The summed E-state index contributed by atoms with van der Waals surface area (Å²) in [5.74, 6) is 0.721. The lowest BCUT2D eigenvalue weighted by molar-refractivity contribution is 0.415. The van der Waals surface area contributed by atoms with E-state index in [9.17, 15) is 8.42 Å². The summed E-state index contributed by atoms with van der Waals surface area (Å²) in [5, 5.41) is 1.41. The summed E-state index contributed by atoms with van der Waals surface area (Å²) in [6.45, 7) is 0.179. The molecule has 2 aromatic carbocycles. The van der Waals surface area contributed by atoms with Gasteiger partial charge in [-0.05, 0) is 48.0 Å². The van der Waals surface area contributed by atoms with Crippen molar-refractivity contribution < 1.29 is 13.2 Å². The molecule has 120 valence electrons. The standard InChI is InChI=1S/C16H15ClN2O3S/c1-22-13-4-7-16-15(8-13)11(9-18-16)10-19-23(20,21)14-5-2-12(17)3-6-14/h2-9,18-19H,10H2,1H3. The number of sulfonamides is 1. The first-order chi connectivity index (χ1) is 11.0. The third kappa shape index (κ3) is 3.34. The molecule has 0 bridgehead atoms. The van der Waals surface area contributed by atoms with Gasteiger partial charge in [0.15, 0.2) is 0 Å². The van der Waals surface area contributed by atoms with Gasteiger partial charge in [0.2, 0.25) is 10.0 Å². The highest BCUT2D eigenvalue weighted by Gasteiger charge is 2.14. The van der Waals surface area contributed by atoms with Gasteiger partial charge in [-0.25, -0.2) is 13.1 Å². The molecule has 0 fully saturated rings. The molecular weight excluding hydrogens is 336 g/mol. The molecule has 1 heterocycles. The van der Waals surface area contributed by atoms with Gasteiger partial charge >= 0.3 is 0 Å². The molecule has 0 amide bonds. The van der Waals surface area contributed by atoms with Crippen molar-refractivity contribution in [2.75, 3.05) is 7.11 Å². The minimum Gasteiger partial charge on any atom is -0.497 e. The lowest BCUT2D eigenvalue weighted by Crippen LogP contribution is -2.23. The smallest absolute Gasteiger partial charge is 0.240 e. The van der Waals surface area contributed by atoms with Gasteiger partial charge in [0.05, 0.1) is 12.0 Å². The summed E-state index contributed by atoms with van der Waals surface area (Å²) < 4.78 is 32.4. The molecule has 3 aromatic rings. The topological polar surface area (TPSA) is 71.2 Å². The molecule has 0 saturated carbocycles. The molecule has 0 aliphatic heterocycles. The van der Waals surface area contributed by atoms with Crippen molar-refractivity contribution >= 4 is 32.5 Å². The number of rotatable bonds is 5. The van der Waals surface area contributed by atoms with Crippen molar-refractivity contribution in [2.24, 2.45) is 0 Å². The molecular formula is C16H15ClN2O3S. The number of halogens is 1. The van der Waals surface area contributed by atoms with E-state index in [0.717, 1.165) is 22.2 Å². The number of hydrogen-bond acceptors (Lipinski definition) is 3. The van der Waals surface area contributed by atoms with Crippen LogP contribution in [0.15, 0.2) is 53.6 Å². The Kier molecular flexibility index (Phi) is 4.30. The minimum absolute atomic E-state index is 0.179. The summed E-state index contributed by atoms with van der Waals surface area (Å²) in [6.07, 6.45) is 1.79. The Hall–Kier alpha value is -2.02. The van der Waals surface area contributed by atoms with Crippen LogP contribution in [-0.4, -0.2) is 20.5 Å². The number of aromatic nitrogens is 1. The third-order valence-electron chi connectivity index (χ3n) is 3.55. The van der Waals surface area contributed by atoms with E-state index in [4.69, 9.17) is 16.3 Å². The van der Waals surface area contributed by atoms with E-state index in [-0.39, 0.29) is 11.4 Å². The average Bonchev–Trinajstić information content (AvgIpc) is 2.95. The zero-order valence-electron chi connectivity index (χ0n) is 12.3. The second kappa shape index (κ2) is 6.23. The Balaban J connectivity index is 1.84. The van der Waals surface area contributed by atoms with Crippen molar-refractivity contribution in [2.45, 2.75) is 11.4 Å². The zero-order chi connectivity index (χ0) is 16.4. The van der Waals surface area contributed by atoms with Crippen LogP contribution in [0, 0.1) is 0 Å². The Morgan fingerprint density at radius 2 is 1.91 bits per heavy atom. The number of ether oxygens (including phenoxy) is 1. The van der Waals surface area contributed by atoms with Crippen LogP contribution in [0.1, 0.15) is 5.56 Å². The van der Waals surface area contributed by atoms with E-state index >= 15 is 0 Å². The number of fused-ring (bicyclic) bond motifs is 1. The van der Waals surface area contributed by atoms with Gasteiger partial charge in [-0.15, -0.1) is 0 Å². The molecule has 23 heavy (non-hydrogen) atoms. The Labute approximate surface area is 139 Å². The highest BCUT2D eigenvalue weighted by atomic mass is 35.5. The number of hydrogen-bond donors (Lipinski definition) is 2. The van der Waals surface area contributed by atoms with E-state index < -0.39 is 10.0 Å². The molecule has 0 unspecified atom stereocenters. The first kappa shape index (κ1) is 15.9. The zero-order valence-corrected chi connectivity index (χ0v) is 13.9. The quantitative estimate of drug-likeness (QED) is 0.741. The maximum Gasteiger partial charge on any atom is 0.240 e. The van der Waals surface area contributed by atoms with Gasteiger partial charge in [-0.3, -0.25) is 0 Å². The van der Waals surface area contributed by atoms with Gasteiger partial charge < -0.3 is 9.72 Å². The highest BCUT2D eigenvalue weighted by molar-refractivity contribution is 7.89. The van der Waals surface area contributed by atoms with Gasteiger partial charge in [0.25, 0.3) is 0 Å². The molecule has 3 rings (SSSR count). The van der Waals surface area contributed by atoms with Gasteiger partial charge in [0, 0.05) is 28.7 Å². The fraction of sp³-hybridized carbons (Fsp3) is 0.125. The monoisotopic (exact) mass is 350 g/mol. The second-order valence-corrected chi connectivity index (χ2v) is 7.21. The van der Waals surface area contributed by atoms with Gasteiger partial charge in [-0.2, -0.15) is 0 Å². The van der Waals surface area contributed by atoms with E-state index in [2.05, 4.69) is 9.71 Å². The minimum atomic E-state index is -3.59. The Bertz CT molecular complexity index is 934. The largest absolute Gasteiger partial charge is 0.497 e. The lowest BCUT2D eigenvalue weighted by atomic mass is 10.2. The van der Waals surface area contributed by atoms with Crippen molar-refractivity contribution in [3.05, 3.63) is 59.2 Å². The molecule has 0 aliphatic rings. The first-order valence-electron chi connectivity index (χ1n) is 6.89. The van der Waals surface area contributed by atoms with E-state index in [1.165, 1.54) is 12.1 Å². The Morgan fingerprint density at radius 3 is 2.61 bits per heavy atom. The number of H-pyrrole nitrogens is 1. The van der Waals surface area contributed by atoms with Gasteiger partial charge in [0.1, 0.15) is 5.75 Å². The van der Waals surface area contributed by atoms with Crippen LogP contribution in [0.5, 0.6) is 5.75 Å². The summed E-state index contributed by atoms with van der Waals surface area (Å²) in [7, 11) is -2.00. The van der Waals surface area contributed by atoms with Crippen LogP contribution in [0.4, 0.5) is 0 Å². The van der Waals surface area contributed by atoms with Crippen LogP contribution >= 0.6 is 11.6 Å². The van der Waals surface area contributed by atoms with Crippen LogP contribution < -0.4 is 9.46 Å². The normalized spacial score (nSPS) is 11.7. The summed E-state index contributed by atoms with van der Waals surface area (Å²) in [6, 6.07) is 11.7. The molecule has 0 radical (unpaired) electrons. The predicted molar refractivity (Wildman–Crippen MR) is 90.3 cm³/mol. The number of benzene rings is 2. The van der Waals surface area contributed by atoms with Crippen LogP contribution in [-0.2, 0) is 16.6 Å². The second-order valence-electron chi connectivity index (χ2n) is 5.00. The molecule has 0 atom stereocenters. The van der Waals surface area contributed by atoms with Crippen LogP contribution in [0.2, 0.25) is 5.02 Å². The van der Waals surface area contributed by atoms with E-state index in [1.54, 1.807) is 25.4 Å². The third-order valence-corrected chi connectivity index (χ3v) is 5.22. The fourth-order valence-electron chi connectivity index (χ4n) is 2.30. The Morgan fingerprint density at radius 1 is 1.17 bits per heavy atom.